The van der Waals surface area contributed by atoms with Crippen molar-refractivity contribution in [2.75, 3.05) is 13.1 Å². The highest BCUT2D eigenvalue weighted by molar-refractivity contribution is 9.10. The van der Waals surface area contributed by atoms with Crippen LogP contribution in [0, 0.1) is 0 Å². The van der Waals surface area contributed by atoms with E-state index >= 15 is 0 Å². The van der Waals surface area contributed by atoms with Gasteiger partial charge in [-0.2, -0.15) is 0 Å². The molecule has 0 aliphatic carbocycles. The lowest BCUT2D eigenvalue weighted by Crippen LogP contribution is -2.46. The van der Waals surface area contributed by atoms with Gasteiger partial charge in [-0.25, -0.2) is 4.79 Å². The Balaban J connectivity index is 1.67. The number of nitrogens with zero attached hydrogens (tertiary/aromatic N) is 2. The van der Waals surface area contributed by atoms with Crippen molar-refractivity contribution in [1.82, 2.24) is 10.2 Å². The lowest BCUT2D eigenvalue weighted by molar-refractivity contribution is 0.0264. The molecule has 2 heterocycles. The number of nitrogens with one attached hydrogen (secondary N) is 1. The van der Waals surface area contributed by atoms with E-state index in [1.54, 1.807) is 4.90 Å². The molecule has 130 valence electrons. The number of hydrogen-bond donors (Lipinski definition) is 1. The van der Waals surface area contributed by atoms with Gasteiger partial charge in [-0.3, -0.25) is 9.89 Å². The fraction of sp³-hybridized carbons (Fsp3) is 0.556. The van der Waals surface area contributed by atoms with Gasteiger partial charge in [0.2, 0.25) is 0 Å². The summed E-state index contributed by atoms with van der Waals surface area (Å²) in [7, 11) is 0. The maximum Gasteiger partial charge on any atom is 0.410 e. The fourth-order valence-electron chi connectivity index (χ4n) is 3.16. The molecule has 24 heavy (non-hydrogen) atoms. The number of carbonyl (C=O) groups is 1. The summed E-state index contributed by atoms with van der Waals surface area (Å²) in [6, 6.07) is 8.41. The Kier molecular flexibility index (Phi) is 4.85. The molecule has 1 saturated heterocycles. The Labute approximate surface area is 151 Å². The molecule has 0 saturated carbocycles. The summed E-state index contributed by atoms with van der Waals surface area (Å²) in [4.78, 5) is 18.9. The van der Waals surface area contributed by atoms with E-state index in [-0.39, 0.29) is 18.2 Å². The third kappa shape index (κ3) is 3.91. The lowest BCUT2D eigenvalue weighted by atomic mass is 10.1. The third-order valence-electron chi connectivity index (χ3n) is 4.21. The minimum Gasteiger partial charge on any atom is -0.444 e. The zero-order valence-corrected chi connectivity index (χ0v) is 16.0. The topological polar surface area (TPSA) is 53.9 Å². The van der Waals surface area contributed by atoms with Gasteiger partial charge in [0.25, 0.3) is 0 Å². The van der Waals surface area contributed by atoms with E-state index in [1.165, 1.54) is 5.56 Å². The molecule has 0 aromatic heterocycles. The first-order chi connectivity index (χ1) is 11.3. The monoisotopic (exact) mass is 393 g/mol. The molecule has 1 N–H and O–H groups in total. The summed E-state index contributed by atoms with van der Waals surface area (Å²) < 4.78 is 6.60. The average Bonchev–Trinajstić information content (AvgIpc) is 3.14. The van der Waals surface area contributed by atoms with Gasteiger partial charge in [0.15, 0.2) is 0 Å². The second-order valence-corrected chi connectivity index (χ2v) is 8.23. The van der Waals surface area contributed by atoms with Crippen molar-refractivity contribution < 1.29 is 9.53 Å². The highest BCUT2D eigenvalue weighted by atomic mass is 79.9. The van der Waals surface area contributed by atoms with Crippen LogP contribution in [0.4, 0.5) is 4.79 Å². The minimum atomic E-state index is -0.478. The van der Waals surface area contributed by atoms with Crippen LogP contribution in [0.5, 0.6) is 0 Å². The van der Waals surface area contributed by atoms with Crippen molar-refractivity contribution in [3.63, 3.8) is 0 Å². The van der Waals surface area contributed by atoms with Gasteiger partial charge in [0, 0.05) is 11.0 Å². The lowest BCUT2D eigenvalue weighted by Gasteiger charge is -2.29. The van der Waals surface area contributed by atoms with Crippen LogP contribution >= 0.6 is 15.9 Å². The van der Waals surface area contributed by atoms with E-state index in [2.05, 4.69) is 38.4 Å². The van der Waals surface area contributed by atoms with E-state index in [0.717, 1.165) is 29.7 Å². The van der Waals surface area contributed by atoms with Crippen LogP contribution in [0.2, 0.25) is 0 Å². The second kappa shape index (κ2) is 6.75. The molecule has 6 heteroatoms. The van der Waals surface area contributed by atoms with E-state index in [0.29, 0.717) is 6.54 Å². The van der Waals surface area contributed by atoms with E-state index in [9.17, 15) is 4.79 Å². The molecule has 1 aromatic carbocycles. The number of hydrogen-bond acceptors (Lipinski definition) is 4. The Morgan fingerprint density at radius 2 is 2.21 bits per heavy atom. The minimum absolute atomic E-state index is 0.00278. The van der Waals surface area contributed by atoms with E-state index < -0.39 is 5.60 Å². The Morgan fingerprint density at radius 3 is 2.92 bits per heavy atom. The van der Waals surface area contributed by atoms with E-state index in [1.807, 2.05) is 32.9 Å². The van der Waals surface area contributed by atoms with Crippen molar-refractivity contribution in [2.45, 2.75) is 51.3 Å². The number of likely N-dealkylation sites (tertiary alicyclic amines) is 1. The van der Waals surface area contributed by atoms with Gasteiger partial charge < -0.3 is 10.1 Å². The number of ether oxygens (including phenoxy) is 1. The standard InChI is InChI=1S/C18H24BrN3O2/c1-18(2,3)24-17(23)22-9-5-8-15(22)16-20-11-14(21-16)12-6-4-7-13(19)10-12/h4,6-7,10,14-15H,5,8-9,11H2,1-3H3,(H,20,21)/t14?,15-/m0/s1. The summed E-state index contributed by atoms with van der Waals surface area (Å²) in [5.74, 6) is 0.906. The molecule has 5 nitrogen and oxygen atoms in total. The molecule has 0 bridgehead atoms. The van der Waals surface area contributed by atoms with Crippen molar-refractivity contribution in [3.8, 4) is 0 Å². The van der Waals surface area contributed by atoms with Gasteiger partial charge in [0.1, 0.15) is 11.4 Å². The third-order valence-corrected chi connectivity index (χ3v) is 4.71. The predicted molar refractivity (Wildman–Crippen MR) is 98.3 cm³/mol. The highest BCUT2D eigenvalue weighted by Gasteiger charge is 2.37. The maximum atomic E-state index is 12.4. The maximum absolute atomic E-state index is 12.4. The predicted octanol–water partition coefficient (Wildman–Crippen LogP) is 3.89. The largest absolute Gasteiger partial charge is 0.444 e. The second-order valence-electron chi connectivity index (χ2n) is 7.31. The molecule has 2 atom stereocenters. The Hall–Kier alpha value is -1.56. The fourth-order valence-corrected chi connectivity index (χ4v) is 3.58. The Morgan fingerprint density at radius 1 is 1.42 bits per heavy atom. The van der Waals surface area contributed by atoms with Gasteiger partial charge in [-0.1, -0.05) is 28.1 Å². The molecular formula is C18H24BrN3O2. The number of rotatable bonds is 2. The highest BCUT2D eigenvalue weighted by Crippen LogP contribution is 2.26. The number of amidine groups is 1. The van der Waals surface area contributed by atoms with Gasteiger partial charge >= 0.3 is 6.09 Å². The SMILES string of the molecule is CC(C)(C)OC(=O)N1CCC[C@H]1C1=NCC(c2cccc(Br)c2)N1. The number of carbonyl (C=O) groups excluding carboxylic acids is 1. The zero-order chi connectivity index (χ0) is 17.3. The molecule has 0 radical (unpaired) electrons. The first kappa shape index (κ1) is 17.3. The molecular weight excluding hydrogens is 370 g/mol. The Bertz CT molecular complexity index is 654. The molecule has 2 aliphatic rings. The van der Waals surface area contributed by atoms with Crippen LogP contribution < -0.4 is 5.32 Å². The first-order valence-corrected chi connectivity index (χ1v) is 9.19. The zero-order valence-electron chi connectivity index (χ0n) is 14.4. The molecule has 3 rings (SSSR count). The first-order valence-electron chi connectivity index (χ1n) is 8.39. The van der Waals surface area contributed by atoms with Crippen LogP contribution in [0.25, 0.3) is 0 Å². The van der Waals surface area contributed by atoms with Gasteiger partial charge in [-0.15, -0.1) is 0 Å². The number of amides is 1. The molecule has 1 fully saturated rings. The van der Waals surface area contributed by atoms with Crippen molar-refractivity contribution in [2.24, 2.45) is 4.99 Å². The van der Waals surface area contributed by atoms with Gasteiger partial charge in [-0.05, 0) is 51.3 Å². The summed E-state index contributed by atoms with van der Waals surface area (Å²) in [5, 5.41) is 3.50. The molecule has 2 aliphatic heterocycles. The van der Waals surface area contributed by atoms with E-state index in [4.69, 9.17) is 4.74 Å². The average molecular weight is 394 g/mol. The molecule has 1 amide bonds. The van der Waals surface area contributed by atoms with Crippen molar-refractivity contribution in [3.05, 3.63) is 34.3 Å². The molecule has 0 spiro atoms. The van der Waals surface area contributed by atoms with Crippen LogP contribution in [0.1, 0.15) is 45.2 Å². The smallest absolute Gasteiger partial charge is 0.410 e. The number of aliphatic imine (C=N–C) groups is 1. The normalized spacial score (nSPS) is 23.8. The molecule has 1 unspecified atom stereocenters. The van der Waals surface area contributed by atoms with Crippen molar-refractivity contribution in [1.29, 1.82) is 0 Å². The van der Waals surface area contributed by atoms with Crippen LogP contribution in [0.3, 0.4) is 0 Å². The summed E-state index contributed by atoms with van der Waals surface area (Å²) in [6.45, 7) is 7.10. The molecule has 1 aromatic rings. The quantitative estimate of drug-likeness (QED) is 0.828. The van der Waals surface area contributed by atoms with Crippen LogP contribution in [0.15, 0.2) is 33.7 Å². The summed E-state index contributed by atoms with van der Waals surface area (Å²) in [5.41, 5.74) is 0.721. The summed E-state index contributed by atoms with van der Waals surface area (Å²) in [6.07, 6.45) is 1.66. The van der Waals surface area contributed by atoms with Crippen LogP contribution in [-0.2, 0) is 4.74 Å². The van der Waals surface area contributed by atoms with Crippen LogP contribution in [-0.4, -0.2) is 41.6 Å². The summed E-state index contributed by atoms with van der Waals surface area (Å²) >= 11 is 3.51. The number of halogens is 1. The van der Waals surface area contributed by atoms with Gasteiger partial charge in [0.05, 0.1) is 18.6 Å². The van der Waals surface area contributed by atoms with Crippen molar-refractivity contribution >= 4 is 27.9 Å². The number of benzene rings is 1.